The van der Waals surface area contributed by atoms with Crippen molar-refractivity contribution in [2.45, 2.75) is 245 Å². The van der Waals surface area contributed by atoms with Gasteiger partial charge in [0, 0.05) is 19.3 Å². The Morgan fingerprint density at radius 3 is 1.07 bits per heavy atom. The molecule has 0 aliphatic carbocycles. The molecule has 0 saturated carbocycles. The van der Waals surface area contributed by atoms with Gasteiger partial charge in [0.2, 0.25) is 0 Å². The summed E-state index contributed by atoms with van der Waals surface area (Å²) >= 11 is 0. The Morgan fingerprint density at radius 2 is 0.638 bits per heavy atom. The number of esters is 3. The number of carbonyl (C=O) groups excluding carboxylic acids is 3. The summed E-state index contributed by atoms with van der Waals surface area (Å²) in [7, 11) is 0. The largest absolute Gasteiger partial charge is 0.462 e. The number of hydrogen-bond donors (Lipinski definition) is 0. The molecule has 0 spiro atoms. The van der Waals surface area contributed by atoms with Crippen LogP contribution in [0.4, 0.5) is 0 Å². The van der Waals surface area contributed by atoms with E-state index >= 15 is 0 Å². The van der Waals surface area contributed by atoms with Crippen LogP contribution in [-0.4, -0.2) is 37.2 Å². The van der Waals surface area contributed by atoms with Crippen LogP contribution < -0.4 is 0 Å². The molecule has 69 heavy (non-hydrogen) atoms. The van der Waals surface area contributed by atoms with Crippen LogP contribution >= 0.6 is 0 Å². The van der Waals surface area contributed by atoms with Gasteiger partial charge in [0.25, 0.3) is 0 Å². The molecule has 0 radical (unpaired) electrons. The smallest absolute Gasteiger partial charge is 0.306 e. The van der Waals surface area contributed by atoms with Crippen molar-refractivity contribution in [1.29, 1.82) is 0 Å². The molecule has 0 N–H and O–H groups in total. The summed E-state index contributed by atoms with van der Waals surface area (Å²) in [5.74, 6) is -0.949. The maximum atomic E-state index is 12.9. The quantitative estimate of drug-likeness (QED) is 0.0199. The lowest BCUT2D eigenvalue weighted by Gasteiger charge is -2.18. The molecule has 6 nitrogen and oxygen atoms in total. The van der Waals surface area contributed by atoms with Gasteiger partial charge >= 0.3 is 17.9 Å². The van der Waals surface area contributed by atoms with Crippen molar-refractivity contribution in [2.24, 2.45) is 0 Å². The molecule has 0 saturated heterocycles. The minimum Gasteiger partial charge on any atom is -0.462 e. The second-order valence-electron chi connectivity index (χ2n) is 18.3. The maximum Gasteiger partial charge on any atom is 0.306 e. The summed E-state index contributed by atoms with van der Waals surface area (Å²) in [5, 5.41) is 0. The fourth-order valence-electron chi connectivity index (χ4n) is 7.50. The minimum absolute atomic E-state index is 0.0962. The van der Waals surface area contributed by atoms with E-state index in [0.717, 1.165) is 96.3 Å². The number of rotatable bonds is 49. The highest BCUT2D eigenvalue weighted by atomic mass is 16.6. The van der Waals surface area contributed by atoms with Crippen molar-refractivity contribution in [3.63, 3.8) is 0 Å². The van der Waals surface area contributed by atoms with Gasteiger partial charge < -0.3 is 14.2 Å². The minimum atomic E-state index is -0.802. The van der Waals surface area contributed by atoms with Gasteiger partial charge in [-0.05, 0) is 70.6 Å². The molecule has 0 aromatic heterocycles. The van der Waals surface area contributed by atoms with Crippen LogP contribution in [0.5, 0.6) is 0 Å². The molecule has 0 aliphatic rings. The van der Waals surface area contributed by atoms with E-state index in [9.17, 15) is 14.4 Å². The average molecular weight is 956 g/mol. The molecule has 0 aromatic rings. The Bertz CT molecular complexity index is 1470. The van der Waals surface area contributed by atoms with Crippen molar-refractivity contribution in [2.75, 3.05) is 13.2 Å². The summed E-state index contributed by atoms with van der Waals surface area (Å²) in [6, 6.07) is 0. The number of ether oxygens (including phenoxy) is 3. The maximum absolute atomic E-state index is 12.9. The van der Waals surface area contributed by atoms with Crippen LogP contribution in [-0.2, 0) is 28.6 Å². The average Bonchev–Trinajstić information content (AvgIpc) is 3.35. The molecule has 0 rings (SSSR count). The fourth-order valence-corrected chi connectivity index (χ4v) is 7.50. The molecule has 0 bridgehead atoms. The van der Waals surface area contributed by atoms with E-state index in [1.54, 1.807) is 0 Å². The first-order valence-electron chi connectivity index (χ1n) is 28.1. The van der Waals surface area contributed by atoms with Crippen LogP contribution in [0.2, 0.25) is 0 Å². The van der Waals surface area contributed by atoms with Gasteiger partial charge in [0.05, 0.1) is 0 Å². The molecule has 1 unspecified atom stereocenters. The van der Waals surface area contributed by atoms with Gasteiger partial charge in [-0.2, -0.15) is 0 Å². The van der Waals surface area contributed by atoms with Gasteiger partial charge in [-0.3, -0.25) is 14.4 Å². The second-order valence-corrected chi connectivity index (χ2v) is 18.3. The number of allylic oxidation sites excluding steroid dienone is 20. The highest BCUT2D eigenvalue weighted by Crippen LogP contribution is 2.15. The third-order valence-electron chi connectivity index (χ3n) is 11.7. The van der Waals surface area contributed by atoms with Crippen molar-refractivity contribution >= 4 is 17.9 Å². The van der Waals surface area contributed by atoms with Crippen molar-refractivity contribution in [3.05, 3.63) is 122 Å². The molecule has 0 amide bonds. The van der Waals surface area contributed by atoms with E-state index in [4.69, 9.17) is 14.2 Å². The fraction of sp³-hybridized carbons (Fsp3) is 0.635. The molecule has 1 atom stereocenters. The predicted octanol–water partition coefficient (Wildman–Crippen LogP) is 18.9. The van der Waals surface area contributed by atoms with Crippen molar-refractivity contribution < 1.29 is 28.6 Å². The zero-order chi connectivity index (χ0) is 50.0. The molecular formula is C63H102O6. The molecule has 0 fully saturated rings. The van der Waals surface area contributed by atoms with E-state index in [-0.39, 0.29) is 31.1 Å². The van der Waals surface area contributed by atoms with Gasteiger partial charge in [-0.15, -0.1) is 0 Å². The Hall–Kier alpha value is -4.19. The Labute approximate surface area is 424 Å². The zero-order valence-electron chi connectivity index (χ0n) is 44.5. The van der Waals surface area contributed by atoms with E-state index in [0.29, 0.717) is 19.3 Å². The predicted molar refractivity (Wildman–Crippen MR) is 297 cm³/mol. The van der Waals surface area contributed by atoms with Crippen LogP contribution in [0.1, 0.15) is 239 Å². The molecule has 6 heteroatoms. The lowest BCUT2D eigenvalue weighted by Crippen LogP contribution is -2.30. The highest BCUT2D eigenvalue weighted by Gasteiger charge is 2.19. The molecule has 0 aromatic carbocycles. The summed E-state index contributed by atoms with van der Waals surface area (Å²) < 4.78 is 16.8. The number of carbonyl (C=O) groups is 3. The molecule has 0 aliphatic heterocycles. The van der Waals surface area contributed by atoms with Crippen molar-refractivity contribution in [1.82, 2.24) is 0 Å². The number of unbranched alkanes of at least 4 members (excludes halogenated alkanes) is 24. The topological polar surface area (TPSA) is 78.9 Å². The third-order valence-corrected chi connectivity index (χ3v) is 11.7. The third kappa shape index (κ3) is 54.6. The van der Waals surface area contributed by atoms with E-state index in [2.05, 4.69) is 69.4 Å². The molecule has 390 valence electrons. The van der Waals surface area contributed by atoms with E-state index in [1.165, 1.54) is 103 Å². The Balaban J connectivity index is 4.49. The monoisotopic (exact) mass is 955 g/mol. The van der Waals surface area contributed by atoms with Crippen LogP contribution in [0.3, 0.4) is 0 Å². The van der Waals surface area contributed by atoms with Gasteiger partial charge in [-0.25, -0.2) is 0 Å². The Kier molecular flexibility index (Phi) is 53.0. The van der Waals surface area contributed by atoms with Crippen LogP contribution in [0, 0.1) is 0 Å². The Morgan fingerprint density at radius 1 is 0.319 bits per heavy atom. The van der Waals surface area contributed by atoms with Crippen LogP contribution in [0.25, 0.3) is 0 Å². The van der Waals surface area contributed by atoms with Crippen LogP contribution in [0.15, 0.2) is 122 Å². The normalized spacial score (nSPS) is 13.0. The molecular weight excluding hydrogens is 853 g/mol. The zero-order valence-corrected chi connectivity index (χ0v) is 44.5. The van der Waals surface area contributed by atoms with Gasteiger partial charge in [0.1, 0.15) is 13.2 Å². The van der Waals surface area contributed by atoms with Crippen molar-refractivity contribution in [3.8, 4) is 0 Å². The summed E-state index contributed by atoms with van der Waals surface area (Å²) in [4.78, 5) is 38.1. The first-order chi connectivity index (χ1) is 34.0. The SMILES string of the molecule is CC\C=C/C=C\C=C/C=C\C=C\C=C/C=C\CCCCCC(=O)OCC(COC(=O)CCCCCCCCCCCCCCC)OC(=O)CCCCCCCCCCC/C=C\C/C=C\C/C=C\CC. The highest BCUT2D eigenvalue weighted by molar-refractivity contribution is 5.71. The first-order valence-corrected chi connectivity index (χ1v) is 28.1. The van der Waals surface area contributed by atoms with Gasteiger partial charge in [-0.1, -0.05) is 271 Å². The summed E-state index contributed by atoms with van der Waals surface area (Å²) in [6.45, 7) is 6.34. The molecule has 0 heterocycles. The first kappa shape index (κ1) is 64.8. The number of hydrogen-bond acceptors (Lipinski definition) is 6. The van der Waals surface area contributed by atoms with Gasteiger partial charge in [0.15, 0.2) is 6.10 Å². The standard InChI is InChI=1S/C63H102O6/c1-4-7-10-13-16-19-22-25-27-29-31-33-35-38-41-44-47-50-53-56-62(65)68-59-60(58-67-61(64)55-52-49-46-43-40-37-24-21-18-15-12-9-6-3)69-63(66)57-54-51-48-45-42-39-36-34-32-30-28-26-23-20-17-14-11-8-5-2/h7-8,10-11,13,16-17,19-20,22,25-29,31,33,35,38,41,60H,4-6,9,12,14-15,18,21,23-24,30,32,34,36-37,39-40,42-59H2,1-3H3/b10-7-,11-8-,16-13-,20-17-,22-19-,27-25-,28-26-,31-29+,35-33-,41-38-. The lowest BCUT2D eigenvalue weighted by molar-refractivity contribution is -0.167. The second kappa shape index (κ2) is 56.4. The van der Waals surface area contributed by atoms with E-state index < -0.39 is 6.10 Å². The van der Waals surface area contributed by atoms with E-state index in [1.807, 2.05) is 72.9 Å². The summed E-state index contributed by atoms with van der Waals surface area (Å²) in [5.41, 5.74) is 0. The lowest BCUT2D eigenvalue weighted by atomic mass is 10.0. The summed E-state index contributed by atoms with van der Waals surface area (Å²) in [6.07, 6.45) is 77.5.